The number of nitrogens with zero attached hydrogens (tertiary/aromatic N) is 4. The summed E-state index contributed by atoms with van der Waals surface area (Å²) in [4.78, 5) is 9.93. The van der Waals surface area contributed by atoms with Gasteiger partial charge in [-0.3, -0.25) is 4.68 Å². The standard InChI is InChI=1S/C14H16N6S/c1-20-13-11(9-17-20)12(15)18-14(19-13)16-7-8-21-10-5-3-2-4-6-10/h2-6,9H,7-8H2,1H3,(H3,15,16,18,19). The highest BCUT2D eigenvalue weighted by Gasteiger charge is 2.08. The van der Waals surface area contributed by atoms with Gasteiger partial charge in [0, 0.05) is 24.2 Å². The third kappa shape index (κ3) is 3.08. The molecule has 0 aliphatic heterocycles. The molecule has 1 aromatic carbocycles. The highest BCUT2D eigenvalue weighted by atomic mass is 32.2. The van der Waals surface area contributed by atoms with E-state index in [0.29, 0.717) is 11.8 Å². The largest absolute Gasteiger partial charge is 0.383 e. The molecule has 0 radical (unpaired) electrons. The fourth-order valence-corrected chi connectivity index (χ4v) is 2.76. The monoisotopic (exact) mass is 300 g/mol. The van der Waals surface area contributed by atoms with Crippen molar-refractivity contribution in [1.82, 2.24) is 19.7 Å². The molecule has 0 fully saturated rings. The van der Waals surface area contributed by atoms with Gasteiger partial charge in [0.25, 0.3) is 0 Å². The van der Waals surface area contributed by atoms with E-state index in [4.69, 9.17) is 5.73 Å². The van der Waals surface area contributed by atoms with Crippen molar-refractivity contribution in [3.8, 4) is 0 Å². The molecular weight excluding hydrogens is 284 g/mol. The topological polar surface area (TPSA) is 81.7 Å². The van der Waals surface area contributed by atoms with Gasteiger partial charge in [-0.15, -0.1) is 11.8 Å². The van der Waals surface area contributed by atoms with Crippen LogP contribution >= 0.6 is 11.8 Å². The molecule has 0 saturated heterocycles. The lowest BCUT2D eigenvalue weighted by molar-refractivity contribution is 0.785. The number of benzene rings is 1. The van der Waals surface area contributed by atoms with Gasteiger partial charge in [0.1, 0.15) is 5.82 Å². The van der Waals surface area contributed by atoms with Crippen molar-refractivity contribution >= 4 is 34.6 Å². The van der Waals surface area contributed by atoms with Crippen molar-refractivity contribution in [1.29, 1.82) is 0 Å². The van der Waals surface area contributed by atoms with Crippen LogP contribution in [0.25, 0.3) is 11.0 Å². The van der Waals surface area contributed by atoms with Gasteiger partial charge >= 0.3 is 0 Å². The maximum Gasteiger partial charge on any atom is 0.226 e. The number of aryl methyl sites for hydroxylation is 1. The lowest BCUT2D eigenvalue weighted by Gasteiger charge is -2.06. The molecule has 0 atom stereocenters. The fourth-order valence-electron chi connectivity index (χ4n) is 1.97. The molecule has 2 heterocycles. The van der Waals surface area contributed by atoms with E-state index in [9.17, 15) is 0 Å². The summed E-state index contributed by atoms with van der Waals surface area (Å²) in [5.41, 5.74) is 6.65. The predicted molar refractivity (Wildman–Crippen MR) is 86.4 cm³/mol. The van der Waals surface area contributed by atoms with E-state index < -0.39 is 0 Å². The molecule has 0 unspecified atom stereocenters. The number of nitrogen functional groups attached to an aromatic ring is 1. The van der Waals surface area contributed by atoms with Crippen LogP contribution in [0.1, 0.15) is 0 Å². The third-order valence-corrected chi connectivity index (χ3v) is 4.03. The van der Waals surface area contributed by atoms with Crippen molar-refractivity contribution in [2.24, 2.45) is 7.05 Å². The number of anilines is 2. The Hall–Kier alpha value is -2.28. The van der Waals surface area contributed by atoms with Gasteiger partial charge < -0.3 is 11.1 Å². The minimum atomic E-state index is 0.450. The Balaban J connectivity index is 1.62. The smallest absolute Gasteiger partial charge is 0.226 e. The Bertz CT molecular complexity index is 740. The summed E-state index contributed by atoms with van der Waals surface area (Å²) in [5, 5.41) is 8.12. The normalized spacial score (nSPS) is 10.9. The number of rotatable bonds is 5. The molecule has 0 aliphatic rings. The van der Waals surface area contributed by atoms with E-state index in [1.54, 1.807) is 22.6 Å². The number of aromatic nitrogens is 4. The lowest BCUT2D eigenvalue weighted by Crippen LogP contribution is -2.09. The predicted octanol–water partition coefficient (Wildman–Crippen LogP) is 2.15. The Labute approximate surface area is 126 Å². The Morgan fingerprint density at radius 3 is 2.86 bits per heavy atom. The van der Waals surface area contributed by atoms with Crippen LogP contribution in [0.4, 0.5) is 11.8 Å². The molecule has 0 amide bonds. The SMILES string of the molecule is Cn1ncc2c(N)nc(NCCSc3ccccc3)nc21. The summed E-state index contributed by atoms with van der Waals surface area (Å²) in [7, 11) is 1.84. The van der Waals surface area contributed by atoms with Crippen LogP contribution in [0.5, 0.6) is 0 Å². The van der Waals surface area contributed by atoms with Gasteiger partial charge in [0.05, 0.1) is 11.6 Å². The van der Waals surface area contributed by atoms with Crippen LogP contribution in [0, 0.1) is 0 Å². The maximum atomic E-state index is 5.92. The van der Waals surface area contributed by atoms with E-state index in [1.807, 2.05) is 25.2 Å². The Morgan fingerprint density at radius 2 is 2.05 bits per heavy atom. The first kappa shape index (κ1) is 13.7. The van der Waals surface area contributed by atoms with Gasteiger partial charge in [0.15, 0.2) is 5.65 Å². The van der Waals surface area contributed by atoms with Crippen LogP contribution in [-0.2, 0) is 7.05 Å². The van der Waals surface area contributed by atoms with E-state index in [1.165, 1.54) is 4.90 Å². The first-order valence-electron chi connectivity index (χ1n) is 6.61. The van der Waals surface area contributed by atoms with Crippen molar-refractivity contribution in [2.45, 2.75) is 4.90 Å². The Kier molecular flexibility index (Phi) is 3.92. The van der Waals surface area contributed by atoms with Gasteiger partial charge in [-0.05, 0) is 12.1 Å². The summed E-state index contributed by atoms with van der Waals surface area (Å²) < 4.78 is 1.69. The molecule has 3 N–H and O–H groups in total. The molecule has 7 heteroatoms. The third-order valence-electron chi connectivity index (χ3n) is 3.02. The van der Waals surface area contributed by atoms with E-state index in [-0.39, 0.29) is 0 Å². The summed E-state index contributed by atoms with van der Waals surface area (Å²) >= 11 is 1.79. The van der Waals surface area contributed by atoms with Gasteiger partial charge in [-0.1, -0.05) is 18.2 Å². The van der Waals surface area contributed by atoms with E-state index >= 15 is 0 Å². The van der Waals surface area contributed by atoms with E-state index in [2.05, 4.69) is 32.5 Å². The Morgan fingerprint density at radius 1 is 1.24 bits per heavy atom. The quantitative estimate of drug-likeness (QED) is 0.555. The zero-order valence-electron chi connectivity index (χ0n) is 11.7. The molecule has 3 aromatic rings. The molecule has 2 aromatic heterocycles. The lowest BCUT2D eigenvalue weighted by atomic mass is 10.4. The highest BCUT2D eigenvalue weighted by Crippen LogP contribution is 2.19. The minimum absolute atomic E-state index is 0.450. The van der Waals surface area contributed by atoms with Crippen molar-refractivity contribution in [2.75, 3.05) is 23.3 Å². The van der Waals surface area contributed by atoms with Crippen LogP contribution in [0.2, 0.25) is 0 Å². The van der Waals surface area contributed by atoms with Crippen LogP contribution in [0.3, 0.4) is 0 Å². The number of fused-ring (bicyclic) bond motifs is 1. The van der Waals surface area contributed by atoms with Gasteiger partial charge in [-0.25, -0.2) is 0 Å². The number of hydrogen-bond acceptors (Lipinski definition) is 6. The number of nitrogens with two attached hydrogens (primary N) is 1. The average Bonchev–Trinajstić information content (AvgIpc) is 2.87. The average molecular weight is 300 g/mol. The van der Waals surface area contributed by atoms with Crippen LogP contribution < -0.4 is 11.1 Å². The number of nitrogens with one attached hydrogen (secondary N) is 1. The molecule has 108 valence electrons. The fraction of sp³-hybridized carbons (Fsp3) is 0.214. The maximum absolute atomic E-state index is 5.92. The number of hydrogen-bond donors (Lipinski definition) is 2. The van der Waals surface area contributed by atoms with Gasteiger partial charge in [0.2, 0.25) is 5.95 Å². The number of thioether (sulfide) groups is 1. The second-order valence-electron chi connectivity index (χ2n) is 4.53. The molecule has 21 heavy (non-hydrogen) atoms. The minimum Gasteiger partial charge on any atom is -0.383 e. The zero-order valence-corrected chi connectivity index (χ0v) is 12.5. The highest BCUT2D eigenvalue weighted by molar-refractivity contribution is 7.99. The molecule has 0 spiro atoms. The molecule has 6 nitrogen and oxygen atoms in total. The first-order valence-corrected chi connectivity index (χ1v) is 7.59. The van der Waals surface area contributed by atoms with E-state index in [0.717, 1.165) is 23.3 Å². The van der Waals surface area contributed by atoms with Gasteiger partial charge in [-0.2, -0.15) is 15.1 Å². The molecule has 0 aliphatic carbocycles. The second kappa shape index (κ2) is 6.01. The molecule has 3 rings (SSSR count). The zero-order chi connectivity index (χ0) is 14.7. The van der Waals surface area contributed by atoms with Crippen molar-refractivity contribution in [3.63, 3.8) is 0 Å². The van der Waals surface area contributed by atoms with Crippen molar-refractivity contribution < 1.29 is 0 Å². The summed E-state index contributed by atoms with van der Waals surface area (Å²) in [6.45, 7) is 0.766. The van der Waals surface area contributed by atoms with Crippen LogP contribution in [-0.4, -0.2) is 32.0 Å². The van der Waals surface area contributed by atoms with Crippen LogP contribution in [0.15, 0.2) is 41.4 Å². The second-order valence-corrected chi connectivity index (χ2v) is 5.69. The molecule has 0 bridgehead atoms. The summed E-state index contributed by atoms with van der Waals surface area (Å²) in [6.07, 6.45) is 1.68. The molecular formula is C14H16N6S. The van der Waals surface area contributed by atoms with Crippen molar-refractivity contribution in [3.05, 3.63) is 36.5 Å². The summed E-state index contributed by atoms with van der Waals surface area (Å²) in [5.74, 6) is 1.92. The first-order chi connectivity index (χ1) is 10.2. The summed E-state index contributed by atoms with van der Waals surface area (Å²) in [6, 6.07) is 10.3. The molecule has 0 saturated carbocycles.